The van der Waals surface area contributed by atoms with Gasteiger partial charge in [0.15, 0.2) is 0 Å². The fourth-order valence-electron chi connectivity index (χ4n) is 3.09. The first-order chi connectivity index (χ1) is 5.72. The van der Waals surface area contributed by atoms with Crippen LogP contribution in [-0.4, -0.2) is 5.54 Å². The summed E-state index contributed by atoms with van der Waals surface area (Å²) in [5.41, 5.74) is 6.79. The monoisotopic (exact) mass is 219 g/mol. The molecule has 0 saturated heterocycles. The number of rotatable bonds is 1. The van der Waals surface area contributed by atoms with Gasteiger partial charge >= 0.3 is 0 Å². The van der Waals surface area contributed by atoms with Crippen molar-refractivity contribution in [3.05, 3.63) is 0 Å². The number of nitrogens with two attached hydrogens (primary N) is 1. The van der Waals surface area contributed by atoms with Gasteiger partial charge in [0.1, 0.15) is 0 Å². The molecule has 0 spiro atoms. The zero-order valence-corrected chi connectivity index (χ0v) is 11.1. The second-order valence-corrected chi connectivity index (χ2v) is 6.41. The maximum atomic E-state index is 6.28. The van der Waals surface area contributed by atoms with Crippen LogP contribution in [0.4, 0.5) is 0 Å². The van der Waals surface area contributed by atoms with Crippen molar-refractivity contribution in [2.24, 2.45) is 23.0 Å². The van der Waals surface area contributed by atoms with Crippen LogP contribution in [0.2, 0.25) is 0 Å². The molecule has 1 saturated carbocycles. The van der Waals surface area contributed by atoms with Crippen molar-refractivity contribution in [1.82, 2.24) is 0 Å². The molecule has 1 aliphatic carbocycles. The predicted molar refractivity (Wildman–Crippen MR) is 65.8 cm³/mol. The van der Waals surface area contributed by atoms with Crippen LogP contribution in [0.25, 0.3) is 0 Å². The van der Waals surface area contributed by atoms with Crippen molar-refractivity contribution in [3.8, 4) is 0 Å². The second-order valence-electron chi connectivity index (χ2n) is 6.41. The lowest BCUT2D eigenvalue weighted by Gasteiger charge is -2.46. The molecule has 86 valence electrons. The summed E-state index contributed by atoms with van der Waals surface area (Å²) in [5.74, 6) is 1.60. The SMILES string of the molecule is CC(C)C1CC(C)(C)CC(C)(N)C1.Cl. The van der Waals surface area contributed by atoms with E-state index in [9.17, 15) is 0 Å². The molecule has 2 unspecified atom stereocenters. The van der Waals surface area contributed by atoms with E-state index in [1.54, 1.807) is 0 Å². The zero-order valence-electron chi connectivity index (χ0n) is 10.3. The molecule has 1 nitrogen and oxygen atoms in total. The van der Waals surface area contributed by atoms with Gasteiger partial charge in [0, 0.05) is 5.54 Å². The van der Waals surface area contributed by atoms with Gasteiger partial charge < -0.3 is 5.73 Å². The zero-order chi connectivity index (χ0) is 10.3. The molecule has 1 fully saturated rings. The van der Waals surface area contributed by atoms with E-state index in [0.717, 1.165) is 11.8 Å². The van der Waals surface area contributed by atoms with Crippen LogP contribution in [0.15, 0.2) is 0 Å². The predicted octanol–water partition coefficient (Wildman–Crippen LogP) is 3.61. The maximum absolute atomic E-state index is 6.28. The molecule has 1 rings (SSSR count). The minimum Gasteiger partial charge on any atom is -0.325 e. The highest BCUT2D eigenvalue weighted by Gasteiger charge is 2.39. The Morgan fingerprint density at radius 2 is 1.64 bits per heavy atom. The molecule has 1 aliphatic rings. The van der Waals surface area contributed by atoms with Crippen LogP contribution in [0.1, 0.15) is 53.9 Å². The third-order valence-corrected chi connectivity index (χ3v) is 3.37. The smallest absolute Gasteiger partial charge is 0.0133 e. The fraction of sp³-hybridized carbons (Fsp3) is 1.00. The largest absolute Gasteiger partial charge is 0.325 e. The third-order valence-electron chi connectivity index (χ3n) is 3.37. The summed E-state index contributed by atoms with van der Waals surface area (Å²) in [6, 6.07) is 0. The van der Waals surface area contributed by atoms with Gasteiger partial charge in [0.25, 0.3) is 0 Å². The Labute approximate surface area is 95.2 Å². The molecule has 0 aromatic carbocycles. The van der Waals surface area contributed by atoms with Gasteiger partial charge in [-0.3, -0.25) is 0 Å². The first-order valence-electron chi connectivity index (χ1n) is 5.51. The Kier molecular flexibility index (Phi) is 4.48. The normalized spacial score (nSPS) is 36.6. The summed E-state index contributed by atoms with van der Waals surface area (Å²) in [5, 5.41) is 0. The van der Waals surface area contributed by atoms with Crippen molar-refractivity contribution in [1.29, 1.82) is 0 Å². The first kappa shape index (κ1) is 14.2. The van der Waals surface area contributed by atoms with Gasteiger partial charge in [0.2, 0.25) is 0 Å². The minimum atomic E-state index is 0. The van der Waals surface area contributed by atoms with E-state index in [1.165, 1.54) is 19.3 Å². The Morgan fingerprint density at radius 3 is 2.00 bits per heavy atom. The Bertz CT molecular complexity index is 169. The minimum absolute atomic E-state index is 0. The molecule has 0 radical (unpaired) electrons. The van der Waals surface area contributed by atoms with Crippen molar-refractivity contribution in [2.45, 2.75) is 59.4 Å². The summed E-state index contributed by atoms with van der Waals surface area (Å²) in [6.45, 7) is 11.6. The summed E-state index contributed by atoms with van der Waals surface area (Å²) in [7, 11) is 0. The Balaban J connectivity index is 0.00000169. The maximum Gasteiger partial charge on any atom is 0.0133 e. The van der Waals surface area contributed by atoms with Gasteiger partial charge in [-0.1, -0.05) is 27.7 Å². The number of halogens is 1. The fourth-order valence-corrected chi connectivity index (χ4v) is 3.09. The number of hydrogen-bond acceptors (Lipinski definition) is 1. The molecule has 2 N–H and O–H groups in total. The third kappa shape index (κ3) is 3.78. The van der Waals surface area contributed by atoms with E-state index in [4.69, 9.17) is 5.73 Å². The van der Waals surface area contributed by atoms with Crippen LogP contribution in [0.3, 0.4) is 0 Å². The van der Waals surface area contributed by atoms with Gasteiger partial charge in [-0.2, -0.15) is 0 Å². The van der Waals surface area contributed by atoms with Crippen molar-refractivity contribution in [2.75, 3.05) is 0 Å². The lowest BCUT2D eigenvalue weighted by Crippen LogP contribution is -2.48. The van der Waals surface area contributed by atoms with E-state index in [0.29, 0.717) is 5.41 Å². The summed E-state index contributed by atoms with van der Waals surface area (Å²) < 4.78 is 0. The molecular formula is C12H26ClN. The molecule has 0 aliphatic heterocycles. The standard InChI is InChI=1S/C12H25N.ClH/c1-9(2)10-6-11(3,4)8-12(5,13)7-10;/h9-10H,6-8,13H2,1-5H3;1H. The van der Waals surface area contributed by atoms with Crippen LogP contribution in [0, 0.1) is 17.3 Å². The average Bonchev–Trinajstić information content (AvgIpc) is 1.79. The van der Waals surface area contributed by atoms with Crippen molar-refractivity contribution < 1.29 is 0 Å². The van der Waals surface area contributed by atoms with E-state index in [-0.39, 0.29) is 17.9 Å². The molecule has 0 aromatic rings. The Morgan fingerprint density at radius 1 is 1.14 bits per heavy atom. The molecule has 2 heteroatoms. The Hall–Kier alpha value is 0.250. The highest BCUT2D eigenvalue weighted by molar-refractivity contribution is 5.85. The van der Waals surface area contributed by atoms with Crippen LogP contribution < -0.4 is 5.73 Å². The molecule has 2 atom stereocenters. The summed E-state index contributed by atoms with van der Waals surface area (Å²) in [4.78, 5) is 0. The summed E-state index contributed by atoms with van der Waals surface area (Å²) in [6.07, 6.45) is 3.72. The molecule has 14 heavy (non-hydrogen) atoms. The molecular weight excluding hydrogens is 194 g/mol. The lowest BCUT2D eigenvalue weighted by atomic mass is 9.62. The number of hydrogen-bond donors (Lipinski definition) is 1. The quantitative estimate of drug-likeness (QED) is 0.717. The van der Waals surface area contributed by atoms with Crippen LogP contribution in [0.5, 0.6) is 0 Å². The van der Waals surface area contributed by atoms with Crippen molar-refractivity contribution in [3.63, 3.8) is 0 Å². The van der Waals surface area contributed by atoms with Crippen molar-refractivity contribution >= 4 is 12.4 Å². The first-order valence-corrected chi connectivity index (χ1v) is 5.51. The van der Waals surface area contributed by atoms with E-state index < -0.39 is 0 Å². The second kappa shape index (κ2) is 4.40. The van der Waals surface area contributed by atoms with E-state index >= 15 is 0 Å². The molecule has 0 bridgehead atoms. The highest BCUT2D eigenvalue weighted by Crippen LogP contribution is 2.45. The average molecular weight is 220 g/mol. The lowest BCUT2D eigenvalue weighted by molar-refractivity contribution is 0.0858. The molecule has 0 heterocycles. The molecule has 0 aromatic heterocycles. The summed E-state index contributed by atoms with van der Waals surface area (Å²) >= 11 is 0. The van der Waals surface area contributed by atoms with Gasteiger partial charge in [-0.05, 0) is 43.4 Å². The highest BCUT2D eigenvalue weighted by atomic mass is 35.5. The van der Waals surface area contributed by atoms with Crippen LogP contribution >= 0.6 is 12.4 Å². The van der Waals surface area contributed by atoms with E-state index in [1.807, 2.05) is 0 Å². The van der Waals surface area contributed by atoms with Crippen LogP contribution in [-0.2, 0) is 0 Å². The van der Waals surface area contributed by atoms with E-state index in [2.05, 4.69) is 34.6 Å². The topological polar surface area (TPSA) is 26.0 Å². The molecule has 0 amide bonds. The van der Waals surface area contributed by atoms with Gasteiger partial charge in [-0.25, -0.2) is 0 Å². The van der Waals surface area contributed by atoms with Gasteiger partial charge in [-0.15, -0.1) is 12.4 Å². The van der Waals surface area contributed by atoms with Gasteiger partial charge in [0.05, 0.1) is 0 Å².